The maximum atomic E-state index is 12.0. The van der Waals surface area contributed by atoms with Gasteiger partial charge in [0, 0.05) is 18.3 Å². The van der Waals surface area contributed by atoms with Crippen molar-refractivity contribution >= 4 is 5.91 Å². The van der Waals surface area contributed by atoms with E-state index in [4.69, 9.17) is 14.2 Å². The highest BCUT2D eigenvalue weighted by molar-refractivity contribution is 5.77. The number of carbonyl (C=O) groups excluding carboxylic acids is 1. The lowest BCUT2D eigenvalue weighted by atomic mass is 10.2. The second kappa shape index (κ2) is 8.79. The molecule has 7 nitrogen and oxygen atoms in total. The predicted octanol–water partition coefficient (Wildman–Crippen LogP) is 2.65. The molecule has 1 atom stereocenters. The van der Waals surface area contributed by atoms with Crippen molar-refractivity contribution in [3.63, 3.8) is 0 Å². The van der Waals surface area contributed by atoms with Crippen molar-refractivity contribution in [2.45, 2.75) is 19.3 Å². The number of para-hydroxylation sites is 1. The molecule has 0 spiro atoms. The highest BCUT2D eigenvalue weighted by atomic mass is 16.5. The number of aromatic nitrogens is 2. The average Bonchev–Trinajstić information content (AvgIpc) is 3.20. The van der Waals surface area contributed by atoms with Gasteiger partial charge >= 0.3 is 0 Å². The van der Waals surface area contributed by atoms with Crippen LogP contribution >= 0.6 is 0 Å². The van der Waals surface area contributed by atoms with Gasteiger partial charge in [0.2, 0.25) is 0 Å². The molecule has 0 saturated carbocycles. The summed E-state index contributed by atoms with van der Waals surface area (Å²) in [4.78, 5) is 16.7. The summed E-state index contributed by atoms with van der Waals surface area (Å²) in [6.45, 7) is 1.46. The molecule has 1 aliphatic rings. The van der Waals surface area contributed by atoms with Crippen LogP contribution < -0.4 is 14.8 Å². The number of ether oxygens (including phenoxy) is 3. The van der Waals surface area contributed by atoms with Crippen LogP contribution in [0, 0.1) is 0 Å². The van der Waals surface area contributed by atoms with Gasteiger partial charge in [0.15, 0.2) is 6.61 Å². The minimum atomic E-state index is -0.173. The largest absolute Gasteiger partial charge is 0.497 e. The molecule has 1 aromatic heterocycles. The molecule has 0 radical (unpaired) electrons. The molecule has 0 aliphatic carbocycles. The van der Waals surface area contributed by atoms with Crippen molar-refractivity contribution in [3.8, 4) is 22.8 Å². The predicted molar refractivity (Wildman–Crippen MR) is 108 cm³/mol. The van der Waals surface area contributed by atoms with Crippen LogP contribution in [-0.2, 0) is 22.7 Å². The topological polar surface area (TPSA) is 74.6 Å². The van der Waals surface area contributed by atoms with Crippen molar-refractivity contribution in [1.82, 2.24) is 14.9 Å². The van der Waals surface area contributed by atoms with Gasteiger partial charge in [-0.2, -0.15) is 0 Å². The summed E-state index contributed by atoms with van der Waals surface area (Å²) in [7, 11) is 1.65. The summed E-state index contributed by atoms with van der Waals surface area (Å²) < 4.78 is 18.6. The van der Waals surface area contributed by atoms with E-state index in [-0.39, 0.29) is 18.6 Å². The van der Waals surface area contributed by atoms with Crippen molar-refractivity contribution < 1.29 is 19.0 Å². The van der Waals surface area contributed by atoms with Crippen molar-refractivity contribution in [1.29, 1.82) is 0 Å². The van der Waals surface area contributed by atoms with Crippen molar-refractivity contribution in [2.75, 3.05) is 20.3 Å². The molecule has 4 rings (SSSR count). The summed E-state index contributed by atoms with van der Waals surface area (Å²) in [6, 6.07) is 17.1. The Labute approximate surface area is 169 Å². The number of fused-ring (bicyclic) bond motifs is 1. The smallest absolute Gasteiger partial charge is 0.258 e. The number of amides is 1. The van der Waals surface area contributed by atoms with Gasteiger partial charge in [-0.3, -0.25) is 4.79 Å². The van der Waals surface area contributed by atoms with Crippen LogP contribution in [0.5, 0.6) is 11.5 Å². The third-order valence-electron chi connectivity index (χ3n) is 4.73. The molecule has 1 unspecified atom stereocenters. The first-order chi connectivity index (χ1) is 14.2. The van der Waals surface area contributed by atoms with Crippen LogP contribution in [0.25, 0.3) is 11.3 Å². The number of nitrogens with zero attached hydrogens (tertiary/aromatic N) is 2. The first-order valence-corrected chi connectivity index (χ1v) is 9.48. The molecule has 29 heavy (non-hydrogen) atoms. The minimum absolute atomic E-state index is 0.0192. The summed E-state index contributed by atoms with van der Waals surface area (Å²) in [5, 5.41) is 2.87. The monoisotopic (exact) mass is 393 g/mol. The molecule has 3 aromatic rings. The van der Waals surface area contributed by atoms with Gasteiger partial charge in [0.05, 0.1) is 25.5 Å². The Kier molecular flexibility index (Phi) is 5.76. The molecule has 1 N–H and O–H groups in total. The van der Waals surface area contributed by atoms with Gasteiger partial charge in [-0.15, -0.1) is 0 Å². The third-order valence-corrected chi connectivity index (χ3v) is 4.73. The number of methoxy groups -OCH3 is 1. The maximum Gasteiger partial charge on any atom is 0.258 e. The lowest BCUT2D eigenvalue weighted by Crippen LogP contribution is -2.40. The quantitative estimate of drug-likeness (QED) is 0.668. The minimum Gasteiger partial charge on any atom is -0.497 e. The molecule has 0 saturated heterocycles. The van der Waals surface area contributed by atoms with Gasteiger partial charge in [0.25, 0.3) is 5.91 Å². The number of nitrogens with one attached hydrogen (secondary N) is 1. The Hall–Kier alpha value is -3.32. The fraction of sp³-hybridized carbons (Fsp3) is 0.273. The van der Waals surface area contributed by atoms with E-state index in [2.05, 4.69) is 14.9 Å². The molecule has 1 aliphatic heterocycles. The van der Waals surface area contributed by atoms with E-state index in [1.807, 2.05) is 60.8 Å². The van der Waals surface area contributed by atoms with Crippen molar-refractivity contribution in [3.05, 3.63) is 66.6 Å². The molecule has 2 heterocycles. The SMILES string of the molecule is COc1ccc(-c2cn3c(n2)COC(CNC(=O)COc2ccccc2)C3)cc1. The van der Waals surface area contributed by atoms with Gasteiger partial charge in [-0.05, 0) is 36.4 Å². The Bertz CT molecular complexity index is 954. The van der Waals surface area contributed by atoms with Crippen LogP contribution in [0.1, 0.15) is 5.82 Å². The Morgan fingerprint density at radius 2 is 1.97 bits per heavy atom. The summed E-state index contributed by atoms with van der Waals surface area (Å²) >= 11 is 0. The molecule has 2 aromatic carbocycles. The van der Waals surface area contributed by atoms with Crippen LogP contribution in [0.15, 0.2) is 60.8 Å². The Morgan fingerprint density at radius 3 is 2.72 bits per heavy atom. The van der Waals surface area contributed by atoms with Gasteiger partial charge in [-0.25, -0.2) is 4.98 Å². The fourth-order valence-corrected chi connectivity index (χ4v) is 3.16. The second-order valence-corrected chi connectivity index (χ2v) is 6.76. The first kappa shape index (κ1) is 19.0. The van der Waals surface area contributed by atoms with E-state index in [9.17, 15) is 4.79 Å². The molecular formula is C22H23N3O4. The van der Waals surface area contributed by atoms with Gasteiger partial charge in [-0.1, -0.05) is 18.2 Å². The summed E-state index contributed by atoms with van der Waals surface area (Å²) in [6.07, 6.45) is 1.91. The molecule has 0 bridgehead atoms. The molecule has 0 fully saturated rings. The van der Waals surface area contributed by atoms with E-state index < -0.39 is 0 Å². The van der Waals surface area contributed by atoms with Gasteiger partial charge < -0.3 is 24.1 Å². The second-order valence-electron chi connectivity index (χ2n) is 6.76. The van der Waals surface area contributed by atoms with E-state index in [0.29, 0.717) is 25.4 Å². The number of hydrogen-bond donors (Lipinski definition) is 1. The van der Waals surface area contributed by atoms with Crippen LogP contribution in [-0.4, -0.2) is 41.8 Å². The highest BCUT2D eigenvalue weighted by Crippen LogP contribution is 2.24. The normalized spacial score (nSPS) is 15.4. The number of imidazole rings is 1. The van der Waals surface area contributed by atoms with Crippen molar-refractivity contribution in [2.24, 2.45) is 0 Å². The standard InChI is InChI=1S/C22H23N3O4/c1-27-17-9-7-16(8-10-17)20-13-25-12-19(28-14-21(25)24-20)11-23-22(26)15-29-18-5-3-2-4-6-18/h2-10,13,19H,11-12,14-15H2,1H3,(H,23,26). The zero-order valence-corrected chi connectivity index (χ0v) is 16.2. The molecule has 7 heteroatoms. The lowest BCUT2D eigenvalue weighted by molar-refractivity contribution is -0.124. The van der Waals surface area contributed by atoms with E-state index in [1.165, 1.54) is 0 Å². The van der Waals surface area contributed by atoms with Crippen LogP contribution in [0.3, 0.4) is 0 Å². The molecule has 1 amide bonds. The first-order valence-electron chi connectivity index (χ1n) is 9.48. The molecule has 150 valence electrons. The van der Waals surface area contributed by atoms with Gasteiger partial charge in [0.1, 0.15) is 23.9 Å². The zero-order valence-electron chi connectivity index (χ0n) is 16.2. The molecular weight excluding hydrogens is 370 g/mol. The summed E-state index contributed by atoms with van der Waals surface area (Å²) in [5.41, 5.74) is 1.92. The Morgan fingerprint density at radius 1 is 1.17 bits per heavy atom. The number of rotatable bonds is 7. The lowest BCUT2D eigenvalue weighted by Gasteiger charge is -2.24. The third kappa shape index (κ3) is 4.75. The number of hydrogen-bond acceptors (Lipinski definition) is 5. The highest BCUT2D eigenvalue weighted by Gasteiger charge is 2.22. The average molecular weight is 393 g/mol. The fourth-order valence-electron chi connectivity index (χ4n) is 3.16. The van der Waals surface area contributed by atoms with Crippen LogP contribution in [0.2, 0.25) is 0 Å². The Balaban J connectivity index is 1.29. The van der Waals surface area contributed by atoms with E-state index >= 15 is 0 Å². The maximum absolute atomic E-state index is 12.0. The van der Waals surface area contributed by atoms with E-state index in [1.54, 1.807) is 7.11 Å². The summed E-state index contributed by atoms with van der Waals surface area (Å²) in [5.74, 6) is 2.19. The number of carbonyl (C=O) groups is 1. The van der Waals surface area contributed by atoms with Crippen LogP contribution in [0.4, 0.5) is 0 Å². The zero-order chi connectivity index (χ0) is 20.1. The number of benzene rings is 2. The van der Waals surface area contributed by atoms with E-state index in [0.717, 1.165) is 22.8 Å².